The Morgan fingerprint density at radius 1 is 1.29 bits per heavy atom. The first kappa shape index (κ1) is 14.9. The lowest BCUT2D eigenvalue weighted by molar-refractivity contribution is 0.146. The molecule has 0 bridgehead atoms. The molecule has 3 rings (SSSR count). The van der Waals surface area contributed by atoms with E-state index < -0.39 is 0 Å². The fourth-order valence-corrected chi connectivity index (χ4v) is 3.05. The average Bonchev–Trinajstić information content (AvgIpc) is 2.83. The lowest BCUT2D eigenvalue weighted by atomic mass is 10.00. The van der Waals surface area contributed by atoms with Crippen molar-refractivity contribution in [1.29, 1.82) is 0 Å². The number of halogens is 1. The second-order valence-electron chi connectivity index (χ2n) is 5.73. The molecule has 2 heterocycles. The largest absolute Gasteiger partial charge is 0.284 e. The van der Waals surface area contributed by atoms with Crippen LogP contribution in [0.4, 0.5) is 0 Å². The second-order valence-corrected chi connectivity index (χ2v) is 7.01. The Kier molecular flexibility index (Phi) is 4.57. The highest BCUT2D eigenvalue weighted by Crippen LogP contribution is 2.19. The molecule has 6 heteroatoms. The van der Waals surface area contributed by atoms with Gasteiger partial charge in [-0.05, 0) is 43.1 Å². The van der Waals surface area contributed by atoms with Gasteiger partial charge in [0.05, 0.1) is 6.67 Å². The van der Waals surface area contributed by atoms with Gasteiger partial charge >= 0.3 is 0 Å². The molecule has 2 aromatic rings. The molecule has 1 saturated heterocycles. The number of nitrogens with zero attached hydrogens (tertiary/aromatic N) is 3. The normalized spacial score (nSPS) is 17.2. The van der Waals surface area contributed by atoms with Gasteiger partial charge in [0, 0.05) is 23.1 Å². The van der Waals surface area contributed by atoms with Crippen LogP contribution in [0.2, 0.25) is 0 Å². The van der Waals surface area contributed by atoms with Gasteiger partial charge in [0.25, 0.3) is 0 Å². The molecule has 0 aliphatic carbocycles. The fourth-order valence-electron chi connectivity index (χ4n) is 2.59. The molecule has 0 saturated carbocycles. The third-order valence-electron chi connectivity index (χ3n) is 4.01. The Morgan fingerprint density at radius 3 is 2.62 bits per heavy atom. The number of rotatable bonds is 3. The first-order valence-electron chi connectivity index (χ1n) is 7.27. The van der Waals surface area contributed by atoms with Gasteiger partial charge in [0.1, 0.15) is 0 Å². The zero-order valence-corrected chi connectivity index (χ0v) is 14.5. The van der Waals surface area contributed by atoms with E-state index >= 15 is 0 Å². The van der Waals surface area contributed by atoms with Gasteiger partial charge in [0.15, 0.2) is 5.82 Å². The molecular formula is C15H19BrN4S. The number of nitrogens with one attached hydrogen (secondary N) is 1. The maximum atomic E-state index is 5.37. The quantitative estimate of drug-likeness (QED) is 0.832. The molecule has 21 heavy (non-hydrogen) atoms. The summed E-state index contributed by atoms with van der Waals surface area (Å²) in [6.07, 6.45) is 2.53. The van der Waals surface area contributed by atoms with E-state index in [9.17, 15) is 0 Å². The molecule has 0 spiro atoms. The van der Waals surface area contributed by atoms with Crippen LogP contribution >= 0.6 is 28.1 Å². The number of hydrogen-bond acceptors (Lipinski definition) is 3. The number of hydrogen-bond donors (Lipinski definition) is 1. The van der Waals surface area contributed by atoms with Crippen LogP contribution in [0.15, 0.2) is 28.7 Å². The van der Waals surface area contributed by atoms with Gasteiger partial charge in [-0.2, -0.15) is 4.98 Å². The van der Waals surface area contributed by atoms with E-state index in [-0.39, 0.29) is 0 Å². The van der Waals surface area contributed by atoms with Crippen molar-refractivity contribution in [2.75, 3.05) is 13.1 Å². The van der Waals surface area contributed by atoms with Crippen LogP contribution < -0.4 is 0 Å². The predicted molar refractivity (Wildman–Crippen MR) is 90.5 cm³/mol. The van der Waals surface area contributed by atoms with Crippen LogP contribution in [-0.4, -0.2) is 32.8 Å². The van der Waals surface area contributed by atoms with Crippen molar-refractivity contribution in [1.82, 2.24) is 19.7 Å². The van der Waals surface area contributed by atoms with E-state index in [0.717, 1.165) is 41.5 Å². The fraction of sp³-hybridized carbons (Fsp3) is 0.467. The molecule has 1 fully saturated rings. The highest BCUT2D eigenvalue weighted by molar-refractivity contribution is 9.10. The molecule has 0 amide bonds. The molecule has 1 N–H and O–H groups in total. The summed E-state index contributed by atoms with van der Waals surface area (Å²) in [6.45, 7) is 5.39. The summed E-state index contributed by atoms with van der Waals surface area (Å²) in [4.78, 5) is 6.90. The standard InChI is InChI=1S/C15H19BrN4S/c1-11-6-8-19(9-7-11)10-20-15(21)17-14(18-20)12-2-4-13(16)5-3-12/h2-5,11H,6-10H2,1H3,(H,17,18,21). The minimum Gasteiger partial charge on any atom is -0.284 e. The molecule has 1 aromatic carbocycles. The van der Waals surface area contributed by atoms with Crippen molar-refractivity contribution >= 4 is 28.1 Å². The summed E-state index contributed by atoms with van der Waals surface area (Å²) in [6, 6.07) is 8.09. The van der Waals surface area contributed by atoms with Gasteiger partial charge in [-0.3, -0.25) is 10.00 Å². The van der Waals surface area contributed by atoms with E-state index in [2.05, 4.69) is 37.8 Å². The Bertz CT molecular complexity index is 653. The smallest absolute Gasteiger partial charge is 0.217 e. The second kappa shape index (κ2) is 6.42. The molecule has 0 radical (unpaired) electrons. The van der Waals surface area contributed by atoms with Crippen LogP contribution in [0.25, 0.3) is 11.4 Å². The van der Waals surface area contributed by atoms with Crippen molar-refractivity contribution in [3.8, 4) is 11.4 Å². The monoisotopic (exact) mass is 366 g/mol. The summed E-state index contributed by atoms with van der Waals surface area (Å²) in [5, 5.41) is 3.32. The van der Waals surface area contributed by atoms with Crippen molar-refractivity contribution < 1.29 is 0 Å². The Balaban J connectivity index is 1.75. The summed E-state index contributed by atoms with van der Waals surface area (Å²) in [7, 11) is 0. The van der Waals surface area contributed by atoms with Crippen LogP contribution in [0, 0.1) is 10.7 Å². The molecule has 1 aliphatic heterocycles. The maximum absolute atomic E-state index is 5.37. The SMILES string of the molecule is CC1CCN(Cn2[nH]c(-c3ccc(Br)cc3)nc2=S)CC1. The van der Waals surface area contributed by atoms with Crippen molar-refractivity contribution in [3.63, 3.8) is 0 Å². The summed E-state index contributed by atoms with van der Waals surface area (Å²) < 4.78 is 3.64. The number of H-pyrrole nitrogens is 1. The highest BCUT2D eigenvalue weighted by Gasteiger charge is 2.16. The first-order chi connectivity index (χ1) is 10.1. The number of benzene rings is 1. The minimum absolute atomic E-state index is 0.617. The molecule has 112 valence electrons. The molecule has 1 aliphatic rings. The van der Waals surface area contributed by atoms with E-state index in [0.29, 0.717) is 4.77 Å². The van der Waals surface area contributed by atoms with E-state index in [1.165, 1.54) is 12.8 Å². The first-order valence-corrected chi connectivity index (χ1v) is 8.47. The average molecular weight is 367 g/mol. The third kappa shape index (κ3) is 3.62. The van der Waals surface area contributed by atoms with E-state index in [1.807, 2.05) is 28.9 Å². The van der Waals surface area contributed by atoms with Gasteiger partial charge in [-0.25, -0.2) is 4.68 Å². The van der Waals surface area contributed by atoms with Crippen molar-refractivity contribution in [2.24, 2.45) is 5.92 Å². The molecular weight excluding hydrogens is 348 g/mol. The Labute approximate surface area is 138 Å². The molecule has 4 nitrogen and oxygen atoms in total. The number of aromatic amines is 1. The van der Waals surface area contributed by atoms with Crippen LogP contribution in [-0.2, 0) is 6.67 Å². The molecule has 1 aromatic heterocycles. The van der Waals surface area contributed by atoms with Crippen molar-refractivity contribution in [2.45, 2.75) is 26.4 Å². The number of aromatic nitrogens is 3. The minimum atomic E-state index is 0.617. The van der Waals surface area contributed by atoms with Crippen molar-refractivity contribution in [3.05, 3.63) is 33.5 Å². The summed E-state index contributed by atoms with van der Waals surface area (Å²) in [5.41, 5.74) is 1.05. The highest BCUT2D eigenvalue weighted by atomic mass is 79.9. The summed E-state index contributed by atoms with van der Waals surface area (Å²) in [5.74, 6) is 1.67. The van der Waals surface area contributed by atoms with E-state index in [1.54, 1.807) is 0 Å². The zero-order chi connectivity index (χ0) is 14.8. The van der Waals surface area contributed by atoms with Gasteiger partial charge < -0.3 is 0 Å². The van der Waals surface area contributed by atoms with Gasteiger partial charge in [0.2, 0.25) is 4.77 Å². The maximum Gasteiger partial charge on any atom is 0.217 e. The number of likely N-dealkylation sites (tertiary alicyclic amines) is 1. The van der Waals surface area contributed by atoms with Crippen LogP contribution in [0.1, 0.15) is 19.8 Å². The van der Waals surface area contributed by atoms with Gasteiger partial charge in [-0.15, -0.1) is 0 Å². The third-order valence-corrected chi connectivity index (χ3v) is 4.85. The van der Waals surface area contributed by atoms with Gasteiger partial charge in [-0.1, -0.05) is 35.0 Å². The lowest BCUT2D eigenvalue weighted by Crippen LogP contribution is -2.34. The summed E-state index contributed by atoms with van der Waals surface area (Å²) >= 11 is 8.82. The zero-order valence-electron chi connectivity index (χ0n) is 12.1. The Morgan fingerprint density at radius 2 is 1.95 bits per heavy atom. The lowest BCUT2D eigenvalue weighted by Gasteiger charge is -2.29. The topological polar surface area (TPSA) is 36.9 Å². The Hall–Kier alpha value is -0.980. The molecule has 0 atom stereocenters. The van der Waals surface area contributed by atoms with Crippen LogP contribution in [0.3, 0.4) is 0 Å². The van der Waals surface area contributed by atoms with E-state index in [4.69, 9.17) is 12.2 Å². The predicted octanol–water partition coefficient (Wildman–Crippen LogP) is 4.06. The molecule has 0 unspecified atom stereocenters. The number of piperidine rings is 1. The van der Waals surface area contributed by atoms with Crippen LogP contribution in [0.5, 0.6) is 0 Å².